The van der Waals surface area contributed by atoms with Crippen LogP contribution in [0.15, 0.2) is 95.5 Å². The number of carbonyl (C=O) groups is 4. The van der Waals surface area contributed by atoms with Crippen LogP contribution in [0.2, 0.25) is 0 Å². The first-order valence-corrected chi connectivity index (χ1v) is 17.1. The number of Topliss-reactive ketones (excluding diaryl/α,β-unsaturated/α-hetero) is 2. The van der Waals surface area contributed by atoms with Crippen molar-refractivity contribution in [2.75, 3.05) is 26.9 Å². The van der Waals surface area contributed by atoms with Gasteiger partial charge in [0.1, 0.15) is 12.6 Å². The van der Waals surface area contributed by atoms with E-state index < -0.39 is 35.7 Å². The SMILES string of the molecule is CC/C=C\C/C=C\C/C=C\C/C=C\C/C=C\C/C=C\CCCOC(=O)N1[C@H]2[C@@H]1CN1C3=C(C(=O)C(N)=C(C)C3=O)[C@@H](COC(N)=O)[C@@]21OC. The van der Waals surface area contributed by atoms with E-state index in [1.54, 1.807) is 9.80 Å². The number of ketones is 2. The van der Waals surface area contributed by atoms with Crippen LogP contribution in [0.25, 0.3) is 0 Å². The Morgan fingerprint density at radius 1 is 0.857 bits per heavy atom. The Bertz CT molecular complexity index is 1500. The van der Waals surface area contributed by atoms with E-state index in [1.807, 2.05) is 0 Å². The minimum absolute atomic E-state index is 0.117. The largest absolute Gasteiger partial charge is 0.449 e. The van der Waals surface area contributed by atoms with Gasteiger partial charge >= 0.3 is 12.2 Å². The number of amides is 2. The Hall–Kier alpha value is -4.64. The van der Waals surface area contributed by atoms with Gasteiger partial charge in [-0.25, -0.2) is 9.59 Å². The molecule has 4 N–H and O–H groups in total. The molecule has 264 valence electrons. The minimum atomic E-state index is -1.31. The van der Waals surface area contributed by atoms with Crippen LogP contribution in [0.3, 0.4) is 0 Å². The molecule has 3 heterocycles. The first kappa shape index (κ1) is 37.2. The molecule has 2 saturated heterocycles. The van der Waals surface area contributed by atoms with Crippen LogP contribution < -0.4 is 11.5 Å². The summed E-state index contributed by atoms with van der Waals surface area (Å²) in [7, 11) is 1.44. The molecule has 0 bridgehead atoms. The summed E-state index contributed by atoms with van der Waals surface area (Å²) in [5, 5.41) is 0. The van der Waals surface area contributed by atoms with Gasteiger partial charge in [0, 0.05) is 24.8 Å². The average molecular weight is 675 g/mol. The number of nitrogens with two attached hydrogens (primary N) is 2. The van der Waals surface area contributed by atoms with Crippen molar-refractivity contribution < 1.29 is 33.4 Å². The van der Waals surface area contributed by atoms with Crippen molar-refractivity contribution in [1.82, 2.24) is 9.80 Å². The van der Waals surface area contributed by atoms with Gasteiger partial charge in [0.25, 0.3) is 0 Å². The van der Waals surface area contributed by atoms with Gasteiger partial charge in [0.2, 0.25) is 11.6 Å². The number of carbonyl (C=O) groups excluding carboxylic acids is 4. The maximum Gasteiger partial charge on any atom is 0.410 e. The quantitative estimate of drug-likeness (QED) is 0.0809. The molecule has 0 aromatic carbocycles. The van der Waals surface area contributed by atoms with Crippen LogP contribution in [0.5, 0.6) is 0 Å². The fourth-order valence-corrected chi connectivity index (χ4v) is 6.80. The molecule has 11 nitrogen and oxygen atoms in total. The number of hydrogen-bond donors (Lipinski definition) is 2. The van der Waals surface area contributed by atoms with Crippen LogP contribution in [0.4, 0.5) is 9.59 Å². The number of ether oxygens (including phenoxy) is 3. The molecule has 0 unspecified atom stereocenters. The highest BCUT2D eigenvalue weighted by molar-refractivity contribution is 6.25. The lowest BCUT2D eigenvalue weighted by molar-refractivity contribution is -0.144. The van der Waals surface area contributed by atoms with E-state index in [-0.39, 0.29) is 54.1 Å². The Labute approximate surface area is 289 Å². The maximum absolute atomic E-state index is 13.3. The molecule has 4 rings (SSSR count). The van der Waals surface area contributed by atoms with Gasteiger partial charge in [-0.05, 0) is 58.3 Å². The van der Waals surface area contributed by atoms with Crippen LogP contribution in [-0.2, 0) is 23.8 Å². The van der Waals surface area contributed by atoms with E-state index >= 15 is 0 Å². The second kappa shape index (κ2) is 17.7. The number of allylic oxidation sites excluding steroid dienone is 14. The third-order valence-electron chi connectivity index (χ3n) is 9.24. The third-order valence-corrected chi connectivity index (χ3v) is 9.24. The highest BCUT2D eigenvalue weighted by Gasteiger charge is 2.78. The molecule has 4 atom stereocenters. The van der Waals surface area contributed by atoms with Crippen molar-refractivity contribution in [3.63, 3.8) is 0 Å². The number of unbranched alkanes of at least 4 members (excludes halogenated alkanes) is 1. The van der Waals surface area contributed by atoms with Crippen molar-refractivity contribution in [3.05, 3.63) is 95.5 Å². The van der Waals surface area contributed by atoms with Crippen molar-refractivity contribution in [1.29, 1.82) is 0 Å². The Morgan fingerprint density at radius 2 is 1.41 bits per heavy atom. The van der Waals surface area contributed by atoms with Gasteiger partial charge in [0.05, 0.1) is 30.0 Å². The molecular weight excluding hydrogens is 624 g/mol. The monoisotopic (exact) mass is 674 g/mol. The van der Waals surface area contributed by atoms with Crippen LogP contribution >= 0.6 is 0 Å². The van der Waals surface area contributed by atoms with E-state index in [9.17, 15) is 19.2 Å². The van der Waals surface area contributed by atoms with Gasteiger partial charge in [-0.2, -0.15) is 0 Å². The van der Waals surface area contributed by atoms with Crippen LogP contribution in [-0.4, -0.2) is 78.2 Å². The maximum atomic E-state index is 13.3. The number of nitrogens with zero attached hydrogens (tertiary/aromatic N) is 2. The molecule has 4 aliphatic rings. The van der Waals surface area contributed by atoms with Crippen LogP contribution in [0, 0.1) is 5.92 Å². The molecule has 2 amide bonds. The molecule has 11 heteroatoms. The normalized spacial score (nSPS) is 25.0. The summed E-state index contributed by atoms with van der Waals surface area (Å²) in [5.74, 6) is -1.79. The lowest BCUT2D eigenvalue weighted by Gasteiger charge is -2.40. The van der Waals surface area contributed by atoms with E-state index in [0.717, 1.165) is 44.9 Å². The molecule has 0 aromatic rings. The van der Waals surface area contributed by atoms with E-state index in [2.05, 4.69) is 79.8 Å². The Morgan fingerprint density at radius 3 is 1.94 bits per heavy atom. The Balaban J connectivity index is 1.16. The van der Waals surface area contributed by atoms with Crippen LogP contribution in [0.1, 0.15) is 65.2 Å². The fraction of sp³-hybridized carbons (Fsp3) is 0.474. The highest BCUT2D eigenvalue weighted by Crippen LogP contribution is 2.59. The van der Waals surface area contributed by atoms with Gasteiger partial charge in [-0.3, -0.25) is 14.5 Å². The van der Waals surface area contributed by atoms with Gasteiger partial charge in [-0.15, -0.1) is 0 Å². The molecule has 0 saturated carbocycles. The number of rotatable bonds is 18. The van der Waals surface area contributed by atoms with E-state index in [4.69, 9.17) is 25.7 Å². The molecular formula is C38H50N4O7. The average Bonchev–Trinajstić information content (AvgIpc) is 3.60. The second-order valence-electron chi connectivity index (χ2n) is 12.3. The topological polar surface area (TPSA) is 154 Å². The Kier molecular flexibility index (Phi) is 13.4. The lowest BCUT2D eigenvalue weighted by Crippen LogP contribution is -2.56. The molecule has 0 spiro atoms. The molecule has 0 aromatic heterocycles. The zero-order chi connectivity index (χ0) is 35.4. The summed E-state index contributed by atoms with van der Waals surface area (Å²) in [5.41, 5.74) is 10.2. The second-order valence-corrected chi connectivity index (χ2v) is 12.3. The van der Waals surface area contributed by atoms with Crippen molar-refractivity contribution in [2.24, 2.45) is 17.4 Å². The van der Waals surface area contributed by atoms with E-state index in [0.29, 0.717) is 6.42 Å². The standard InChI is InChI=1S/C38H50N4O7/c1-4-5-6-7-8-9-10-11-12-13-14-15-16-17-18-19-20-21-22-23-24-48-37(46)42-29-25-41-32-30(34(44)31(39)27(2)33(32)43)28(26-49-36(40)45)38(41,47-3)35(29)42/h5-6,8-9,11-12,14-15,17-18,20-21,28-29,35H,4,7,10,13,16,19,22-26,39H2,1-3H3,(H2,40,45)/b6-5-,9-8-,12-11-,15-14-,18-17-,21-20-/t28-,29+,35+,38-,42?/m1/s1. The van der Waals surface area contributed by atoms with Gasteiger partial charge < -0.3 is 30.6 Å². The summed E-state index contributed by atoms with van der Waals surface area (Å²) in [6.45, 7) is 3.82. The molecule has 0 radical (unpaired) electrons. The summed E-state index contributed by atoms with van der Waals surface area (Å²) in [6.07, 6.45) is 31.5. The first-order chi connectivity index (χ1) is 23.7. The zero-order valence-electron chi connectivity index (χ0n) is 28.8. The number of hydrogen-bond acceptors (Lipinski definition) is 9. The lowest BCUT2D eigenvalue weighted by atomic mass is 9.82. The molecule has 2 fully saturated rings. The summed E-state index contributed by atoms with van der Waals surface area (Å²) >= 11 is 0. The van der Waals surface area contributed by atoms with Gasteiger partial charge in [-0.1, -0.05) is 79.8 Å². The summed E-state index contributed by atoms with van der Waals surface area (Å²) in [6, 6.07) is -0.824. The predicted molar refractivity (Wildman–Crippen MR) is 188 cm³/mol. The van der Waals surface area contributed by atoms with E-state index in [1.165, 1.54) is 14.0 Å². The van der Waals surface area contributed by atoms with Crippen molar-refractivity contribution in [2.45, 2.75) is 83.0 Å². The summed E-state index contributed by atoms with van der Waals surface area (Å²) < 4.78 is 16.7. The number of fused-ring (bicyclic) bond motifs is 4. The first-order valence-electron chi connectivity index (χ1n) is 17.1. The summed E-state index contributed by atoms with van der Waals surface area (Å²) in [4.78, 5) is 54.5. The minimum Gasteiger partial charge on any atom is -0.449 e. The number of piperazine rings is 1. The van der Waals surface area contributed by atoms with Crippen molar-refractivity contribution >= 4 is 23.8 Å². The molecule has 3 aliphatic heterocycles. The third kappa shape index (κ3) is 8.33. The fourth-order valence-electron chi connectivity index (χ4n) is 6.80. The molecule has 1 aliphatic carbocycles. The predicted octanol–water partition coefficient (Wildman–Crippen LogP) is 5.68. The zero-order valence-corrected chi connectivity index (χ0v) is 28.8. The smallest absolute Gasteiger partial charge is 0.410 e. The number of methoxy groups -OCH3 is 1. The van der Waals surface area contributed by atoms with Gasteiger partial charge in [0.15, 0.2) is 5.72 Å². The molecule has 49 heavy (non-hydrogen) atoms. The van der Waals surface area contributed by atoms with Crippen molar-refractivity contribution in [3.8, 4) is 0 Å². The number of primary amides is 1. The highest BCUT2D eigenvalue weighted by atomic mass is 16.6.